The molecule has 0 radical (unpaired) electrons. The summed E-state index contributed by atoms with van der Waals surface area (Å²) in [7, 11) is 0. The molecule has 1 aliphatic heterocycles. The number of aromatic amines is 1. The van der Waals surface area contributed by atoms with Crippen LogP contribution >= 0.6 is 0 Å². The zero-order valence-electron chi connectivity index (χ0n) is 46.4. The number of likely N-dealkylation sites (tertiary alicyclic amines) is 1. The first-order valence-electron chi connectivity index (χ1n) is 26.5. The van der Waals surface area contributed by atoms with Crippen LogP contribution in [0.3, 0.4) is 0 Å². The number of phenolic OH excluding ortho intramolecular Hbond substituents is 1. The molecule has 35 heteroatoms. The van der Waals surface area contributed by atoms with Crippen molar-refractivity contribution in [1.82, 2.24) is 57.4 Å². The van der Waals surface area contributed by atoms with Gasteiger partial charge in [-0.05, 0) is 70.1 Å². The van der Waals surface area contributed by atoms with Crippen molar-refractivity contribution in [2.24, 2.45) is 33.7 Å². The molecule has 1 aromatic carbocycles. The molecule has 466 valence electrons. The van der Waals surface area contributed by atoms with E-state index in [-0.39, 0.29) is 81.9 Å². The number of hydrogen-bond donors (Lipinski definition) is 18. The van der Waals surface area contributed by atoms with E-state index in [1.807, 2.05) is 0 Å². The number of amides is 11. The number of primary amides is 2. The maximum Gasteiger partial charge on any atom is 0.326 e. The lowest BCUT2D eigenvalue weighted by molar-refractivity contribution is -0.145. The van der Waals surface area contributed by atoms with Crippen molar-refractivity contribution < 1.29 is 87.5 Å². The van der Waals surface area contributed by atoms with Crippen LogP contribution in [0.25, 0.3) is 0 Å². The third kappa shape index (κ3) is 24.2. The maximum atomic E-state index is 14.1. The molecule has 1 aliphatic rings. The van der Waals surface area contributed by atoms with Gasteiger partial charge in [0.25, 0.3) is 0 Å². The summed E-state index contributed by atoms with van der Waals surface area (Å²) in [6.07, 6.45) is -1.69. The highest BCUT2D eigenvalue weighted by atomic mass is 16.4. The molecule has 3 rings (SSSR count). The molecule has 1 fully saturated rings. The van der Waals surface area contributed by atoms with E-state index >= 15 is 0 Å². The average molecular weight is 1200 g/mol. The Morgan fingerprint density at radius 3 is 1.73 bits per heavy atom. The van der Waals surface area contributed by atoms with E-state index in [1.165, 1.54) is 50.6 Å². The first-order valence-corrected chi connectivity index (χ1v) is 26.5. The lowest BCUT2D eigenvalue weighted by Crippen LogP contribution is -2.60. The SMILES string of the molecule is C[C@H](NC(=O)[C@H](CCCN=C(N)N)NC(=O)[C@H](CC(=O)O)NC(=O)[C@@H]1CCCN1C(=O)[C@H](CCC(=O)O)NC(=O)[C@H](C)NC(=O)[C@@H](N)CCC(N)=O)C(=O)N[C@@H](Cc1cnc[nH]1)C(=O)N[C@@H](Cc1ccc(O)cc1)C(=O)N[C@@H](CC(N)=O)C(=O)O. The molecule has 0 aliphatic carbocycles. The predicted octanol–water partition coefficient (Wildman–Crippen LogP) is -7.24. The molecule has 0 spiro atoms. The highest BCUT2D eigenvalue weighted by molar-refractivity contribution is 5.99. The molecule has 2 heterocycles. The van der Waals surface area contributed by atoms with Crippen LogP contribution in [0.1, 0.15) is 89.3 Å². The summed E-state index contributed by atoms with van der Waals surface area (Å²) in [5.74, 6) is -16.1. The molecule has 85 heavy (non-hydrogen) atoms. The quantitative estimate of drug-likeness (QED) is 0.0171. The van der Waals surface area contributed by atoms with Crippen LogP contribution in [0.2, 0.25) is 0 Å². The van der Waals surface area contributed by atoms with Gasteiger partial charge in [0, 0.05) is 50.7 Å². The number of imidazole rings is 1. The zero-order valence-corrected chi connectivity index (χ0v) is 46.4. The van der Waals surface area contributed by atoms with Crippen LogP contribution in [0, 0.1) is 0 Å². The number of nitrogens with zero attached hydrogens (tertiary/aromatic N) is 3. The summed E-state index contributed by atoms with van der Waals surface area (Å²) in [5, 5.41) is 57.6. The maximum absolute atomic E-state index is 14.1. The predicted molar refractivity (Wildman–Crippen MR) is 293 cm³/mol. The second-order valence-electron chi connectivity index (χ2n) is 19.8. The minimum absolute atomic E-state index is 0.0256. The summed E-state index contributed by atoms with van der Waals surface area (Å²) in [4.78, 5) is 194. The smallest absolute Gasteiger partial charge is 0.326 e. The Hall–Kier alpha value is -9.96. The summed E-state index contributed by atoms with van der Waals surface area (Å²) < 4.78 is 0. The van der Waals surface area contributed by atoms with E-state index in [1.54, 1.807) is 0 Å². The Morgan fingerprint density at radius 1 is 0.624 bits per heavy atom. The minimum Gasteiger partial charge on any atom is -0.508 e. The van der Waals surface area contributed by atoms with Gasteiger partial charge in [-0.25, -0.2) is 9.78 Å². The number of nitrogens with two attached hydrogens (primary N) is 5. The van der Waals surface area contributed by atoms with E-state index in [9.17, 15) is 87.5 Å². The Morgan fingerprint density at radius 2 is 1.18 bits per heavy atom. The Balaban J connectivity index is 1.85. The van der Waals surface area contributed by atoms with Crippen molar-refractivity contribution in [3.8, 4) is 5.75 Å². The van der Waals surface area contributed by atoms with E-state index < -0.39 is 169 Å². The topological polar surface area (TPSA) is 591 Å². The second-order valence-corrected chi connectivity index (χ2v) is 19.8. The first kappa shape index (κ1) is 69.3. The van der Waals surface area contributed by atoms with E-state index in [4.69, 9.17) is 28.7 Å². The Labute approximate surface area is 484 Å². The number of carbonyl (C=O) groups is 14. The molecule has 0 unspecified atom stereocenters. The molecular formula is C50H73N17O18. The van der Waals surface area contributed by atoms with Gasteiger partial charge in [-0.1, -0.05) is 12.1 Å². The molecule has 11 amide bonds. The summed E-state index contributed by atoms with van der Waals surface area (Å²) >= 11 is 0. The Kier molecular flexibility index (Phi) is 27.6. The molecule has 2 aromatic rings. The van der Waals surface area contributed by atoms with Gasteiger partial charge in [-0.3, -0.25) is 67.3 Å². The van der Waals surface area contributed by atoms with Crippen LogP contribution in [0.4, 0.5) is 0 Å². The van der Waals surface area contributed by atoms with Gasteiger partial charge >= 0.3 is 17.9 Å². The zero-order chi connectivity index (χ0) is 63.7. The first-order chi connectivity index (χ1) is 39.9. The number of aliphatic carboxylic acids is 3. The number of nitrogens with one attached hydrogen (secondary N) is 9. The highest BCUT2D eigenvalue weighted by Gasteiger charge is 2.41. The largest absolute Gasteiger partial charge is 0.508 e. The van der Waals surface area contributed by atoms with E-state index in [0.717, 1.165) is 4.90 Å². The average Bonchev–Trinajstić information content (AvgIpc) is 3.74. The van der Waals surface area contributed by atoms with Crippen molar-refractivity contribution in [2.45, 2.75) is 151 Å². The third-order valence-electron chi connectivity index (χ3n) is 12.9. The summed E-state index contributed by atoms with van der Waals surface area (Å²) in [6, 6.07) is -10.3. The number of H-pyrrole nitrogens is 1. The molecule has 1 aromatic heterocycles. The number of carboxylic acids is 3. The second kappa shape index (κ2) is 33.8. The van der Waals surface area contributed by atoms with E-state index in [0.29, 0.717) is 5.56 Å². The molecule has 35 nitrogen and oxygen atoms in total. The number of benzene rings is 1. The fraction of sp³-hybridized carbons (Fsp3) is 0.520. The van der Waals surface area contributed by atoms with Crippen molar-refractivity contribution >= 4 is 88.8 Å². The monoisotopic (exact) mass is 1200 g/mol. The number of rotatable bonds is 36. The van der Waals surface area contributed by atoms with Crippen LogP contribution in [-0.4, -0.2) is 198 Å². The fourth-order valence-electron chi connectivity index (χ4n) is 8.36. The number of phenols is 1. The van der Waals surface area contributed by atoms with Gasteiger partial charge < -0.3 is 102 Å². The van der Waals surface area contributed by atoms with Crippen molar-refractivity contribution in [2.75, 3.05) is 13.1 Å². The summed E-state index contributed by atoms with van der Waals surface area (Å²) in [6.45, 7) is 2.19. The van der Waals surface area contributed by atoms with Crippen LogP contribution < -0.4 is 71.2 Å². The van der Waals surface area contributed by atoms with Gasteiger partial charge in [0.15, 0.2) is 5.96 Å². The molecule has 23 N–H and O–H groups in total. The molecule has 0 bridgehead atoms. The molecule has 0 saturated carbocycles. The summed E-state index contributed by atoms with van der Waals surface area (Å²) in [5.41, 5.74) is 27.6. The third-order valence-corrected chi connectivity index (χ3v) is 12.9. The van der Waals surface area contributed by atoms with Gasteiger partial charge in [0.1, 0.15) is 60.1 Å². The standard InChI is InChI=1S/C50H73N17O18/c1-23(59-42(77)28(51)11-13-36(52)69)40(75)62-30(12-14-38(71)72)48(83)67-16-4-6-35(67)47(82)65-33(20-39(73)74)46(81)61-29(5-3-15-57-50(54)55)43(78)60-24(2)41(76)63-32(18-26-21-56-22-58-26)45(80)64-31(17-25-7-9-27(68)10-8-25)44(79)66-34(49(84)85)19-37(53)70/h7-10,21-24,28-35,68H,3-6,11-20,51H2,1-2H3,(H2,52,69)(H2,53,70)(H,56,58)(H,59,77)(H,60,78)(H,61,81)(H,62,75)(H,63,76)(H,64,80)(H,65,82)(H,66,79)(H,71,72)(H,73,74)(H,84,85)(H4,54,55,57)/t23-,24-,28-,29-,30-,31-,32-,33-,34-,35-/m0/s1. The van der Waals surface area contributed by atoms with Gasteiger partial charge in [-0.2, -0.15) is 0 Å². The van der Waals surface area contributed by atoms with Crippen molar-refractivity contribution in [1.29, 1.82) is 0 Å². The highest BCUT2D eigenvalue weighted by Crippen LogP contribution is 2.21. The fourth-order valence-corrected chi connectivity index (χ4v) is 8.36. The van der Waals surface area contributed by atoms with Gasteiger partial charge in [0.2, 0.25) is 65.0 Å². The number of aliphatic imine (C=N–C) groups is 1. The number of carboxylic acid groups (broad SMARTS) is 3. The number of aromatic hydroxyl groups is 1. The number of guanidine groups is 1. The lowest BCUT2D eigenvalue weighted by Gasteiger charge is -2.30. The minimum atomic E-state index is -1.95. The van der Waals surface area contributed by atoms with Crippen molar-refractivity contribution in [3.63, 3.8) is 0 Å². The molecule has 10 atom stereocenters. The van der Waals surface area contributed by atoms with Crippen LogP contribution in [0.5, 0.6) is 5.75 Å². The number of aromatic nitrogens is 2. The molecular weight excluding hydrogens is 1130 g/mol. The van der Waals surface area contributed by atoms with Crippen LogP contribution in [-0.2, 0) is 80.0 Å². The van der Waals surface area contributed by atoms with E-state index in [2.05, 4.69) is 57.5 Å². The van der Waals surface area contributed by atoms with Gasteiger partial charge in [-0.15, -0.1) is 0 Å². The Bertz CT molecular complexity index is 2780. The molecule has 1 saturated heterocycles. The number of hydrogen-bond acceptors (Lipinski definition) is 18. The normalized spacial score (nSPS) is 15.8. The lowest BCUT2D eigenvalue weighted by atomic mass is 10.0. The van der Waals surface area contributed by atoms with Crippen molar-refractivity contribution in [3.05, 3.63) is 48.0 Å². The number of carbonyl (C=O) groups excluding carboxylic acids is 11. The van der Waals surface area contributed by atoms with Gasteiger partial charge in [0.05, 0.1) is 25.2 Å². The van der Waals surface area contributed by atoms with Crippen LogP contribution in [0.15, 0.2) is 41.8 Å².